The van der Waals surface area contributed by atoms with Crippen molar-refractivity contribution in [3.63, 3.8) is 0 Å². The van der Waals surface area contributed by atoms with Gasteiger partial charge < -0.3 is 10.2 Å². The number of thiazole rings is 1. The largest absolute Gasteiger partial charge is 0.346 e. The van der Waals surface area contributed by atoms with Crippen molar-refractivity contribution in [1.29, 1.82) is 0 Å². The number of carbonyl (C=O) groups is 1. The second kappa shape index (κ2) is 9.27. The quantitative estimate of drug-likeness (QED) is 0.617. The molecule has 1 N–H and O–H groups in total. The van der Waals surface area contributed by atoms with Gasteiger partial charge in [0, 0.05) is 43.3 Å². The lowest BCUT2D eigenvalue weighted by atomic mass is 10.0. The van der Waals surface area contributed by atoms with Crippen molar-refractivity contribution in [3.05, 3.63) is 70.7 Å². The SMILES string of the molecule is CN1CCN(S(=O)(=O)c2cc(C(=O)NCc3nccs3)cc(-c3ccccc3)c2)CC1. The first-order valence-corrected chi connectivity index (χ1v) is 12.3. The van der Waals surface area contributed by atoms with Crippen molar-refractivity contribution < 1.29 is 13.2 Å². The maximum Gasteiger partial charge on any atom is 0.251 e. The first-order valence-electron chi connectivity index (χ1n) is 9.99. The minimum atomic E-state index is -3.71. The number of nitrogens with one attached hydrogen (secondary N) is 1. The van der Waals surface area contributed by atoms with Crippen molar-refractivity contribution in [2.75, 3.05) is 33.2 Å². The monoisotopic (exact) mass is 456 g/mol. The molecular weight excluding hydrogens is 432 g/mol. The third-order valence-corrected chi connectivity index (χ3v) is 7.92. The van der Waals surface area contributed by atoms with Gasteiger partial charge in [-0.25, -0.2) is 13.4 Å². The summed E-state index contributed by atoms with van der Waals surface area (Å²) in [4.78, 5) is 19.3. The van der Waals surface area contributed by atoms with Crippen LogP contribution in [0.2, 0.25) is 0 Å². The molecule has 1 saturated heterocycles. The Morgan fingerprint density at radius 1 is 1.06 bits per heavy atom. The number of sulfonamides is 1. The molecule has 31 heavy (non-hydrogen) atoms. The maximum absolute atomic E-state index is 13.4. The van der Waals surface area contributed by atoms with Gasteiger partial charge in [-0.1, -0.05) is 30.3 Å². The Morgan fingerprint density at radius 3 is 2.48 bits per heavy atom. The van der Waals surface area contributed by atoms with Crippen LogP contribution in [0.4, 0.5) is 0 Å². The topological polar surface area (TPSA) is 82.6 Å². The number of carbonyl (C=O) groups excluding carboxylic acids is 1. The lowest BCUT2D eigenvalue weighted by Crippen LogP contribution is -2.47. The van der Waals surface area contributed by atoms with E-state index in [0.29, 0.717) is 43.9 Å². The fraction of sp³-hybridized carbons (Fsp3) is 0.273. The molecular formula is C22H24N4O3S2. The lowest BCUT2D eigenvalue weighted by molar-refractivity contribution is 0.0950. The molecule has 1 fully saturated rings. The molecule has 0 radical (unpaired) electrons. The van der Waals surface area contributed by atoms with E-state index in [0.717, 1.165) is 10.6 Å². The highest BCUT2D eigenvalue weighted by Crippen LogP contribution is 2.27. The van der Waals surface area contributed by atoms with Crippen molar-refractivity contribution >= 4 is 27.3 Å². The Hall–Kier alpha value is -2.59. The van der Waals surface area contributed by atoms with Crippen LogP contribution in [-0.4, -0.2) is 61.7 Å². The zero-order valence-corrected chi connectivity index (χ0v) is 18.8. The standard InChI is InChI=1S/C22H24N4O3S2/c1-25-8-10-26(11-9-25)31(28,29)20-14-18(17-5-3-2-4-6-17)13-19(15-20)22(27)24-16-21-23-7-12-30-21/h2-7,12-15H,8-11,16H2,1H3,(H,24,27). The zero-order chi connectivity index (χ0) is 21.8. The summed E-state index contributed by atoms with van der Waals surface area (Å²) < 4.78 is 28.2. The summed E-state index contributed by atoms with van der Waals surface area (Å²) in [5.74, 6) is -0.331. The van der Waals surface area contributed by atoms with Crippen LogP contribution >= 0.6 is 11.3 Å². The molecule has 0 atom stereocenters. The summed E-state index contributed by atoms with van der Waals surface area (Å²) in [6.07, 6.45) is 1.68. The van der Waals surface area contributed by atoms with E-state index in [1.165, 1.54) is 21.7 Å². The van der Waals surface area contributed by atoms with E-state index in [1.807, 2.05) is 42.8 Å². The number of hydrogen-bond donors (Lipinski definition) is 1. The van der Waals surface area contributed by atoms with Gasteiger partial charge in [0.1, 0.15) is 5.01 Å². The highest BCUT2D eigenvalue weighted by Gasteiger charge is 2.28. The Morgan fingerprint density at radius 2 is 1.81 bits per heavy atom. The van der Waals surface area contributed by atoms with E-state index in [1.54, 1.807) is 18.3 Å². The van der Waals surface area contributed by atoms with Crippen LogP contribution in [-0.2, 0) is 16.6 Å². The summed E-state index contributed by atoms with van der Waals surface area (Å²) in [6, 6.07) is 14.3. The van der Waals surface area contributed by atoms with Crippen LogP contribution in [0.5, 0.6) is 0 Å². The maximum atomic E-state index is 13.4. The third kappa shape index (κ3) is 5.01. The molecule has 1 aromatic heterocycles. The van der Waals surface area contributed by atoms with Crippen molar-refractivity contribution in [2.24, 2.45) is 0 Å². The summed E-state index contributed by atoms with van der Waals surface area (Å²) in [6.45, 7) is 2.52. The summed E-state index contributed by atoms with van der Waals surface area (Å²) in [5.41, 5.74) is 1.85. The Kier molecular flexibility index (Phi) is 6.47. The lowest BCUT2D eigenvalue weighted by Gasteiger charge is -2.31. The number of nitrogens with zero attached hydrogens (tertiary/aromatic N) is 3. The van der Waals surface area contributed by atoms with Gasteiger partial charge in [0.15, 0.2) is 0 Å². The average Bonchev–Trinajstić information content (AvgIpc) is 3.32. The molecule has 7 nitrogen and oxygen atoms in total. The molecule has 1 aliphatic heterocycles. The number of likely N-dealkylation sites (N-methyl/N-ethyl adjacent to an activating group) is 1. The van der Waals surface area contributed by atoms with E-state index in [2.05, 4.69) is 15.2 Å². The number of piperazine rings is 1. The summed E-state index contributed by atoms with van der Waals surface area (Å²) in [5, 5.41) is 5.47. The van der Waals surface area contributed by atoms with Gasteiger partial charge in [0.2, 0.25) is 10.0 Å². The number of hydrogen-bond acceptors (Lipinski definition) is 6. The number of amides is 1. The van der Waals surface area contributed by atoms with Gasteiger partial charge in [-0.05, 0) is 36.4 Å². The van der Waals surface area contributed by atoms with E-state index >= 15 is 0 Å². The molecule has 1 amide bonds. The zero-order valence-electron chi connectivity index (χ0n) is 17.2. The van der Waals surface area contributed by atoms with Crippen LogP contribution in [0, 0.1) is 0 Å². The first-order chi connectivity index (χ1) is 14.9. The fourth-order valence-corrected chi connectivity index (χ4v) is 5.50. The second-order valence-corrected chi connectivity index (χ2v) is 10.3. The van der Waals surface area contributed by atoms with Crippen molar-refractivity contribution in [3.8, 4) is 11.1 Å². The molecule has 0 aliphatic carbocycles. The molecule has 2 aromatic carbocycles. The fourth-order valence-electron chi connectivity index (χ4n) is 3.45. The van der Waals surface area contributed by atoms with Gasteiger partial charge in [0.25, 0.3) is 5.91 Å². The molecule has 0 unspecified atom stereocenters. The Bertz CT molecular complexity index is 1140. The van der Waals surface area contributed by atoms with Crippen LogP contribution in [0.15, 0.2) is 65.0 Å². The van der Waals surface area contributed by atoms with Crippen LogP contribution in [0.25, 0.3) is 11.1 Å². The molecule has 4 rings (SSSR count). The molecule has 1 aliphatic rings. The van der Waals surface area contributed by atoms with Crippen LogP contribution in [0.3, 0.4) is 0 Å². The summed E-state index contributed by atoms with van der Waals surface area (Å²) >= 11 is 1.45. The summed E-state index contributed by atoms with van der Waals surface area (Å²) in [7, 11) is -1.74. The van der Waals surface area contributed by atoms with Crippen molar-refractivity contribution in [2.45, 2.75) is 11.4 Å². The van der Waals surface area contributed by atoms with Gasteiger partial charge >= 0.3 is 0 Å². The van der Waals surface area contributed by atoms with Gasteiger partial charge in [-0.15, -0.1) is 11.3 Å². The second-order valence-electron chi connectivity index (χ2n) is 7.43. The number of rotatable bonds is 6. The normalized spacial score (nSPS) is 15.6. The Balaban J connectivity index is 1.69. The van der Waals surface area contributed by atoms with Gasteiger partial charge in [-0.3, -0.25) is 4.79 Å². The van der Waals surface area contributed by atoms with Gasteiger partial charge in [-0.2, -0.15) is 4.31 Å². The molecule has 2 heterocycles. The van der Waals surface area contributed by atoms with Crippen LogP contribution in [0.1, 0.15) is 15.4 Å². The van der Waals surface area contributed by atoms with E-state index in [4.69, 9.17) is 0 Å². The smallest absolute Gasteiger partial charge is 0.251 e. The molecule has 0 spiro atoms. The molecule has 162 valence electrons. The van der Waals surface area contributed by atoms with Crippen LogP contribution < -0.4 is 5.32 Å². The highest BCUT2D eigenvalue weighted by molar-refractivity contribution is 7.89. The molecule has 0 saturated carbocycles. The molecule has 3 aromatic rings. The van der Waals surface area contributed by atoms with E-state index in [9.17, 15) is 13.2 Å². The predicted molar refractivity (Wildman–Crippen MR) is 121 cm³/mol. The third-order valence-electron chi connectivity index (χ3n) is 5.26. The van der Waals surface area contributed by atoms with E-state index in [-0.39, 0.29) is 10.8 Å². The van der Waals surface area contributed by atoms with E-state index < -0.39 is 10.0 Å². The van der Waals surface area contributed by atoms with Crippen molar-refractivity contribution in [1.82, 2.24) is 19.5 Å². The Labute approximate surface area is 186 Å². The molecule has 9 heteroatoms. The molecule has 0 bridgehead atoms. The predicted octanol–water partition coefficient (Wildman–Crippen LogP) is 2.68. The van der Waals surface area contributed by atoms with Gasteiger partial charge in [0.05, 0.1) is 11.4 Å². The first kappa shape index (κ1) is 21.6. The minimum absolute atomic E-state index is 0.137. The number of benzene rings is 2. The average molecular weight is 457 g/mol. The minimum Gasteiger partial charge on any atom is -0.346 e. The number of aromatic nitrogens is 1. The highest BCUT2D eigenvalue weighted by atomic mass is 32.2.